The van der Waals surface area contributed by atoms with Crippen molar-refractivity contribution in [2.45, 2.75) is 161 Å². The molecule has 0 heterocycles. The summed E-state index contributed by atoms with van der Waals surface area (Å²) in [7, 11) is -4.84. The lowest BCUT2D eigenvalue weighted by molar-refractivity contribution is -0.230. The molecule has 0 radical (unpaired) electrons. The Kier molecular flexibility index (Phi) is 31.7. The number of quaternary nitrogens is 1. The van der Waals surface area contributed by atoms with Crippen LogP contribution in [0.5, 0.6) is 0 Å². The molecular formula is C31H64NO10P. The van der Waals surface area contributed by atoms with Gasteiger partial charge >= 0.3 is 11.9 Å². The summed E-state index contributed by atoms with van der Waals surface area (Å²) in [6, 6.07) is 0. The number of hydrogen-bond donors (Lipinski definition) is 3. The molecular weight excluding hydrogens is 577 g/mol. The molecule has 258 valence electrons. The number of unbranched alkanes of at least 4 members (excludes halogenated alkanes) is 17. The maximum Gasteiger partial charge on any atom is 0.306 e. The number of hydrogen-bond acceptors (Lipinski definition) is 10. The van der Waals surface area contributed by atoms with E-state index in [4.69, 9.17) is 19.1 Å². The van der Waals surface area contributed by atoms with Gasteiger partial charge < -0.3 is 39.8 Å². The van der Waals surface area contributed by atoms with Gasteiger partial charge in [0.25, 0.3) is 7.82 Å². The zero-order chi connectivity index (χ0) is 31.3. The van der Waals surface area contributed by atoms with Crippen LogP contribution < -0.4 is 11.0 Å². The van der Waals surface area contributed by atoms with E-state index in [1.807, 2.05) is 0 Å². The summed E-state index contributed by atoms with van der Waals surface area (Å²) in [5.74, 6) is -0.961. The first kappa shape index (κ1) is 44.1. The summed E-state index contributed by atoms with van der Waals surface area (Å²) >= 11 is 0. The maximum absolute atomic E-state index is 12.4. The Morgan fingerprint density at radius 3 is 1.49 bits per heavy atom. The maximum atomic E-state index is 12.4. The molecule has 3 atom stereocenters. The molecule has 0 amide bonds. The van der Waals surface area contributed by atoms with Gasteiger partial charge in [-0.2, -0.15) is 0 Å². The second-order valence-electron chi connectivity index (χ2n) is 11.2. The van der Waals surface area contributed by atoms with Crippen molar-refractivity contribution in [1.82, 2.24) is 6.15 Å². The van der Waals surface area contributed by atoms with Gasteiger partial charge in [-0.1, -0.05) is 123 Å². The molecule has 6 N–H and O–H groups in total. The van der Waals surface area contributed by atoms with E-state index in [-0.39, 0.29) is 25.6 Å². The number of carbonyl (C=O) groups is 2. The minimum absolute atomic E-state index is 0. The van der Waals surface area contributed by atoms with E-state index in [0.29, 0.717) is 12.8 Å². The van der Waals surface area contributed by atoms with Gasteiger partial charge in [0.1, 0.15) is 12.7 Å². The summed E-state index contributed by atoms with van der Waals surface area (Å²) in [6.07, 6.45) is 19.3. The molecule has 0 aliphatic heterocycles. The predicted molar refractivity (Wildman–Crippen MR) is 168 cm³/mol. The Balaban J connectivity index is 0. The molecule has 12 heteroatoms. The molecule has 11 nitrogen and oxygen atoms in total. The predicted octanol–water partition coefficient (Wildman–Crippen LogP) is 6.90. The number of phosphoric ester groups is 1. The van der Waals surface area contributed by atoms with Crippen molar-refractivity contribution in [2.75, 3.05) is 26.4 Å². The fraction of sp³-hybridized carbons (Fsp3) is 0.935. The number of esters is 2. The number of aliphatic hydroxyl groups is 2. The van der Waals surface area contributed by atoms with Gasteiger partial charge in [-0.05, 0) is 12.8 Å². The highest BCUT2D eigenvalue weighted by atomic mass is 31.2. The van der Waals surface area contributed by atoms with Crippen molar-refractivity contribution >= 4 is 19.8 Å². The first-order valence-corrected chi connectivity index (χ1v) is 17.9. The van der Waals surface area contributed by atoms with Crippen LogP contribution in [0.2, 0.25) is 0 Å². The number of phosphoric acid groups is 1. The Hall–Kier alpha value is -1.07. The van der Waals surface area contributed by atoms with Gasteiger partial charge in [-0.25, -0.2) is 0 Å². The lowest BCUT2D eigenvalue weighted by Crippen LogP contribution is -2.30. The second-order valence-corrected chi connectivity index (χ2v) is 12.6. The van der Waals surface area contributed by atoms with Crippen molar-refractivity contribution in [3.63, 3.8) is 0 Å². The normalized spacial score (nSPS) is 14.0. The lowest BCUT2D eigenvalue weighted by Gasteiger charge is -2.26. The van der Waals surface area contributed by atoms with Crippen molar-refractivity contribution in [2.24, 2.45) is 0 Å². The van der Waals surface area contributed by atoms with E-state index >= 15 is 0 Å². The number of rotatable bonds is 31. The van der Waals surface area contributed by atoms with Crippen LogP contribution in [-0.4, -0.2) is 60.8 Å². The third kappa shape index (κ3) is 30.7. The molecule has 0 rings (SSSR count). The van der Waals surface area contributed by atoms with Gasteiger partial charge in [-0.3, -0.25) is 14.2 Å². The fourth-order valence-corrected chi connectivity index (χ4v) is 5.18. The first-order valence-electron chi connectivity index (χ1n) is 16.5. The summed E-state index contributed by atoms with van der Waals surface area (Å²) < 4.78 is 32.0. The van der Waals surface area contributed by atoms with Gasteiger partial charge in [0.2, 0.25) is 0 Å². The van der Waals surface area contributed by atoms with E-state index in [2.05, 4.69) is 18.4 Å². The molecule has 0 aromatic heterocycles. The Labute approximate surface area is 261 Å². The number of ether oxygens (including phenoxy) is 2. The highest BCUT2D eigenvalue weighted by Crippen LogP contribution is 2.38. The van der Waals surface area contributed by atoms with Crippen LogP contribution in [0.3, 0.4) is 0 Å². The van der Waals surface area contributed by atoms with Crippen LogP contribution in [0.4, 0.5) is 0 Å². The summed E-state index contributed by atoms with van der Waals surface area (Å²) in [4.78, 5) is 36.6. The van der Waals surface area contributed by atoms with E-state index in [9.17, 15) is 24.2 Å². The van der Waals surface area contributed by atoms with Crippen LogP contribution >= 0.6 is 7.82 Å². The highest BCUT2D eigenvalue weighted by molar-refractivity contribution is 7.45. The number of aliphatic hydroxyl groups excluding tert-OH is 2. The highest BCUT2D eigenvalue weighted by Gasteiger charge is 2.21. The average molecular weight is 642 g/mol. The molecule has 0 aliphatic carbocycles. The van der Waals surface area contributed by atoms with Crippen LogP contribution in [0, 0.1) is 0 Å². The summed E-state index contributed by atoms with van der Waals surface area (Å²) in [6.45, 7) is 2.13. The number of carbonyl (C=O) groups excluding carboxylic acids is 2. The molecule has 0 aromatic carbocycles. The lowest BCUT2D eigenvalue weighted by atomic mass is 10.1. The molecule has 43 heavy (non-hydrogen) atoms. The molecule has 0 spiro atoms. The molecule has 0 aromatic rings. The van der Waals surface area contributed by atoms with Crippen molar-refractivity contribution in [3.8, 4) is 0 Å². The molecule has 2 unspecified atom stereocenters. The minimum atomic E-state index is -4.84. The Morgan fingerprint density at radius 1 is 0.651 bits per heavy atom. The second kappa shape index (κ2) is 30.9. The average Bonchev–Trinajstić information content (AvgIpc) is 2.97. The van der Waals surface area contributed by atoms with E-state index in [1.54, 1.807) is 0 Å². The SMILES string of the molecule is CCCCCCCCCCCCC(=O)O[C@H](COC(=O)CCCCCCCCCCC)COP(=O)([O-])OCC(O)CO.[NH4+]. The largest absolute Gasteiger partial charge is 0.756 e. The fourth-order valence-electron chi connectivity index (χ4n) is 4.40. The zero-order valence-corrected chi connectivity index (χ0v) is 28.3. The smallest absolute Gasteiger partial charge is 0.306 e. The Morgan fingerprint density at radius 2 is 1.05 bits per heavy atom. The topological polar surface area (TPSA) is 188 Å². The molecule has 0 saturated carbocycles. The summed E-state index contributed by atoms with van der Waals surface area (Å²) in [5, 5.41) is 18.1. The minimum Gasteiger partial charge on any atom is -0.756 e. The van der Waals surface area contributed by atoms with Gasteiger partial charge in [0, 0.05) is 12.8 Å². The molecule has 0 fully saturated rings. The Bertz CT molecular complexity index is 697. The van der Waals surface area contributed by atoms with E-state index < -0.39 is 51.8 Å². The van der Waals surface area contributed by atoms with Crippen LogP contribution in [0.25, 0.3) is 0 Å². The molecule has 0 saturated heterocycles. The van der Waals surface area contributed by atoms with E-state index in [1.165, 1.54) is 70.6 Å². The van der Waals surface area contributed by atoms with Crippen LogP contribution in [0.1, 0.15) is 149 Å². The van der Waals surface area contributed by atoms with Gasteiger partial charge in [-0.15, -0.1) is 0 Å². The van der Waals surface area contributed by atoms with Crippen molar-refractivity contribution < 1.29 is 47.8 Å². The molecule has 0 aliphatic rings. The quantitative estimate of drug-likeness (QED) is 0.0408. The standard InChI is InChI=1S/C31H61O10P.H3N/c1-3-5-7-9-11-13-15-17-19-21-23-31(35)41-29(27-40-42(36,37)39-25-28(33)24-32)26-38-30(34)22-20-18-16-14-12-10-8-6-4-2;/h28-29,32-33H,3-27H2,1-2H3,(H,36,37);1H3/t28?,29-;/m1./s1. The van der Waals surface area contributed by atoms with Gasteiger partial charge in [0.05, 0.1) is 19.8 Å². The summed E-state index contributed by atoms with van der Waals surface area (Å²) in [5.41, 5.74) is 0. The third-order valence-corrected chi connectivity index (χ3v) is 7.93. The van der Waals surface area contributed by atoms with Crippen LogP contribution in [-0.2, 0) is 32.7 Å². The van der Waals surface area contributed by atoms with Crippen molar-refractivity contribution in [1.29, 1.82) is 0 Å². The zero-order valence-electron chi connectivity index (χ0n) is 27.4. The third-order valence-electron chi connectivity index (χ3n) is 7.00. The van der Waals surface area contributed by atoms with Gasteiger partial charge in [0.15, 0.2) is 6.10 Å². The first-order chi connectivity index (χ1) is 20.2. The molecule has 0 bridgehead atoms. The van der Waals surface area contributed by atoms with E-state index in [0.717, 1.165) is 38.5 Å². The monoisotopic (exact) mass is 641 g/mol. The van der Waals surface area contributed by atoms with Crippen LogP contribution in [0.15, 0.2) is 0 Å². The van der Waals surface area contributed by atoms with Crippen molar-refractivity contribution in [3.05, 3.63) is 0 Å².